The molecule has 1 aliphatic rings. The Kier molecular flexibility index (Phi) is 4.84. The molecule has 1 fully saturated rings. The number of hydrogen-bond donors (Lipinski definition) is 1. The first-order valence-corrected chi connectivity index (χ1v) is 10.8. The molecule has 1 N–H and O–H groups in total. The van der Waals surface area contributed by atoms with Gasteiger partial charge in [0, 0.05) is 19.3 Å². The molecule has 5 rings (SSSR count). The average molecular weight is 427 g/mol. The van der Waals surface area contributed by atoms with Gasteiger partial charge in [-0.25, -0.2) is 14.6 Å². The van der Waals surface area contributed by atoms with E-state index in [4.69, 9.17) is 21.6 Å². The number of nitrogens with one attached hydrogen (secondary N) is 1. The summed E-state index contributed by atoms with van der Waals surface area (Å²) >= 11 is 7.96. The number of anilines is 1. The van der Waals surface area contributed by atoms with Crippen molar-refractivity contribution in [2.24, 2.45) is 13.0 Å². The third-order valence-corrected chi connectivity index (χ3v) is 6.10. The molecule has 8 nitrogen and oxygen atoms in total. The predicted octanol–water partition coefficient (Wildman–Crippen LogP) is 3.71. The number of aromatic nitrogens is 7. The standard InChI is InChI=1S/C19H19ClN8S/c1-27-18(24-25-26-27)28-15-6-3-5-14(20)17(15)23-19(28)29-11-13-4-2-7-16(22-13)21-10-12-8-9-12/h2-7,12H,8-11H2,1H3,(H,21,22). The summed E-state index contributed by atoms with van der Waals surface area (Å²) in [5.41, 5.74) is 2.58. The van der Waals surface area contributed by atoms with Crippen LogP contribution in [0, 0.1) is 5.92 Å². The lowest BCUT2D eigenvalue weighted by Gasteiger charge is -2.08. The molecule has 148 valence electrons. The first kappa shape index (κ1) is 18.4. The van der Waals surface area contributed by atoms with Crippen LogP contribution in [0.15, 0.2) is 41.6 Å². The fourth-order valence-electron chi connectivity index (χ4n) is 3.12. The summed E-state index contributed by atoms with van der Waals surface area (Å²) in [4.78, 5) is 9.48. The Morgan fingerprint density at radius 1 is 1.17 bits per heavy atom. The van der Waals surface area contributed by atoms with Crippen LogP contribution in [0.2, 0.25) is 5.02 Å². The molecule has 0 radical (unpaired) electrons. The van der Waals surface area contributed by atoms with Crippen LogP contribution in [-0.4, -0.2) is 41.3 Å². The van der Waals surface area contributed by atoms with Crippen LogP contribution in [0.3, 0.4) is 0 Å². The van der Waals surface area contributed by atoms with Gasteiger partial charge in [-0.15, -0.1) is 0 Å². The highest BCUT2D eigenvalue weighted by Gasteiger charge is 2.21. The number of para-hydroxylation sites is 1. The van der Waals surface area contributed by atoms with Crippen LogP contribution in [0.5, 0.6) is 0 Å². The molecule has 0 amide bonds. The van der Waals surface area contributed by atoms with Crippen molar-refractivity contribution in [3.63, 3.8) is 0 Å². The lowest BCUT2D eigenvalue weighted by molar-refractivity contribution is 0.682. The molecule has 1 aromatic carbocycles. The molecule has 0 atom stereocenters. The van der Waals surface area contributed by atoms with Gasteiger partial charge in [-0.2, -0.15) is 0 Å². The number of rotatable bonds is 7. The van der Waals surface area contributed by atoms with Gasteiger partial charge in [-0.1, -0.05) is 40.6 Å². The van der Waals surface area contributed by atoms with Crippen LogP contribution >= 0.6 is 23.4 Å². The molecule has 1 saturated carbocycles. The van der Waals surface area contributed by atoms with Crippen LogP contribution in [-0.2, 0) is 12.8 Å². The van der Waals surface area contributed by atoms with Gasteiger partial charge in [-0.05, 0) is 53.5 Å². The summed E-state index contributed by atoms with van der Waals surface area (Å²) in [7, 11) is 1.80. The predicted molar refractivity (Wildman–Crippen MR) is 113 cm³/mol. The van der Waals surface area contributed by atoms with Crippen LogP contribution in [0.1, 0.15) is 18.5 Å². The molecule has 10 heteroatoms. The minimum absolute atomic E-state index is 0.588. The van der Waals surface area contributed by atoms with Crippen molar-refractivity contribution < 1.29 is 0 Å². The van der Waals surface area contributed by atoms with E-state index in [1.54, 1.807) is 23.5 Å². The minimum atomic E-state index is 0.588. The molecule has 4 aromatic rings. The summed E-state index contributed by atoms with van der Waals surface area (Å²) in [6.45, 7) is 0.997. The number of imidazole rings is 1. The highest BCUT2D eigenvalue weighted by atomic mass is 35.5. The first-order chi connectivity index (χ1) is 14.2. The number of halogens is 1. The van der Waals surface area contributed by atoms with E-state index in [2.05, 4.69) is 20.8 Å². The maximum absolute atomic E-state index is 6.38. The number of pyridine rings is 1. The number of aryl methyl sites for hydroxylation is 1. The van der Waals surface area contributed by atoms with Crippen molar-refractivity contribution in [2.45, 2.75) is 23.8 Å². The monoisotopic (exact) mass is 426 g/mol. The zero-order valence-electron chi connectivity index (χ0n) is 15.8. The summed E-state index contributed by atoms with van der Waals surface area (Å²) in [5, 5.41) is 16.7. The third-order valence-electron chi connectivity index (χ3n) is 4.83. The third kappa shape index (κ3) is 3.79. The van der Waals surface area contributed by atoms with E-state index in [0.717, 1.165) is 40.2 Å². The van der Waals surface area contributed by atoms with Gasteiger partial charge in [0.1, 0.15) is 11.3 Å². The van der Waals surface area contributed by atoms with Crippen molar-refractivity contribution in [1.29, 1.82) is 0 Å². The van der Waals surface area contributed by atoms with Crippen LogP contribution < -0.4 is 5.32 Å². The van der Waals surface area contributed by atoms with Crippen molar-refractivity contribution in [1.82, 2.24) is 34.7 Å². The highest BCUT2D eigenvalue weighted by molar-refractivity contribution is 7.98. The summed E-state index contributed by atoms with van der Waals surface area (Å²) < 4.78 is 3.55. The Morgan fingerprint density at radius 2 is 2.03 bits per heavy atom. The summed E-state index contributed by atoms with van der Waals surface area (Å²) in [6, 6.07) is 11.8. The van der Waals surface area contributed by atoms with Gasteiger partial charge in [0.15, 0.2) is 5.16 Å². The zero-order chi connectivity index (χ0) is 19.8. The smallest absolute Gasteiger partial charge is 0.256 e. The molecule has 1 aliphatic carbocycles. The van der Waals surface area contributed by atoms with Crippen molar-refractivity contribution in [3.05, 3.63) is 47.1 Å². The molecule has 0 saturated heterocycles. The highest BCUT2D eigenvalue weighted by Crippen LogP contribution is 2.32. The van der Waals surface area contributed by atoms with Gasteiger partial charge in [0.05, 0.1) is 16.2 Å². The van der Waals surface area contributed by atoms with E-state index >= 15 is 0 Å². The Bertz CT molecular complexity index is 1170. The lowest BCUT2D eigenvalue weighted by Crippen LogP contribution is -2.06. The maximum atomic E-state index is 6.38. The first-order valence-electron chi connectivity index (χ1n) is 9.41. The average Bonchev–Trinajstić information content (AvgIpc) is 3.35. The molecular formula is C19H19ClN8S. The maximum Gasteiger partial charge on any atom is 0.256 e. The fourth-order valence-corrected chi connectivity index (χ4v) is 4.23. The molecule has 29 heavy (non-hydrogen) atoms. The largest absolute Gasteiger partial charge is 0.370 e. The number of nitrogens with zero attached hydrogens (tertiary/aromatic N) is 7. The van der Waals surface area contributed by atoms with Gasteiger partial charge >= 0.3 is 0 Å². The van der Waals surface area contributed by atoms with E-state index in [9.17, 15) is 0 Å². The van der Waals surface area contributed by atoms with Crippen molar-refractivity contribution >= 4 is 40.2 Å². The Morgan fingerprint density at radius 3 is 2.83 bits per heavy atom. The van der Waals surface area contributed by atoms with Crippen LogP contribution in [0.4, 0.5) is 5.82 Å². The molecule has 3 aromatic heterocycles. The lowest BCUT2D eigenvalue weighted by atomic mass is 10.3. The van der Waals surface area contributed by atoms with Crippen LogP contribution in [0.25, 0.3) is 17.0 Å². The Balaban J connectivity index is 1.44. The topological polar surface area (TPSA) is 86.3 Å². The van der Waals surface area contributed by atoms with Gasteiger partial charge < -0.3 is 5.32 Å². The fraction of sp³-hybridized carbons (Fsp3) is 0.316. The molecular weight excluding hydrogens is 408 g/mol. The zero-order valence-corrected chi connectivity index (χ0v) is 17.4. The van der Waals surface area contributed by atoms with E-state index in [-0.39, 0.29) is 0 Å². The molecule has 3 heterocycles. The Labute approximate surface area is 176 Å². The van der Waals surface area contributed by atoms with Gasteiger partial charge in [-0.3, -0.25) is 4.57 Å². The minimum Gasteiger partial charge on any atom is -0.370 e. The summed E-state index contributed by atoms with van der Waals surface area (Å²) in [5.74, 6) is 2.99. The van der Waals surface area contributed by atoms with E-state index in [0.29, 0.717) is 16.7 Å². The SMILES string of the molecule is Cn1nnnc1-n1c(SCc2cccc(NCC3CC3)n2)nc2c(Cl)cccc21. The number of tetrazole rings is 1. The molecule has 0 spiro atoms. The molecule has 0 bridgehead atoms. The summed E-state index contributed by atoms with van der Waals surface area (Å²) in [6.07, 6.45) is 2.64. The molecule has 0 unspecified atom stereocenters. The Hall–Kier alpha value is -2.65. The van der Waals surface area contributed by atoms with E-state index < -0.39 is 0 Å². The van der Waals surface area contributed by atoms with Crippen molar-refractivity contribution in [3.8, 4) is 5.95 Å². The van der Waals surface area contributed by atoms with Crippen molar-refractivity contribution in [2.75, 3.05) is 11.9 Å². The second-order valence-corrected chi connectivity index (χ2v) is 8.42. The van der Waals surface area contributed by atoms with Gasteiger partial charge in [0.2, 0.25) is 0 Å². The number of thioether (sulfide) groups is 1. The second kappa shape index (κ2) is 7.64. The number of benzene rings is 1. The van der Waals surface area contributed by atoms with E-state index in [1.165, 1.54) is 12.8 Å². The number of hydrogen-bond acceptors (Lipinski definition) is 7. The van der Waals surface area contributed by atoms with Gasteiger partial charge in [0.25, 0.3) is 5.95 Å². The normalized spacial score (nSPS) is 13.9. The second-order valence-electron chi connectivity index (χ2n) is 7.07. The quantitative estimate of drug-likeness (QED) is 0.451. The van der Waals surface area contributed by atoms with E-state index in [1.807, 2.05) is 41.0 Å². The number of fused-ring (bicyclic) bond motifs is 1. The molecule has 0 aliphatic heterocycles.